The minimum atomic E-state index is -0.731. The number of thioether (sulfide) groups is 1. The third-order valence-corrected chi connectivity index (χ3v) is 5.27. The highest BCUT2D eigenvalue weighted by Crippen LogP contribution is 2.27. The van der Waals surface area contributed by atoms with Crippen molar-refractivity contribution in [3.63, 3.8) is 0 Å². The molecule has 114 valence electrons. The largest absolute Gasteiger partial charge is 0.481 e. The second-order valence-corrected chi connectivity index (χ2v) is 7.85. The fraction of sp³-hybridized carbons (Fsp3) is 0.857. The van der Waals surface area contributed by atoms with Gasteiger partial charge in [0.05, 0.1) is 0 Å². The zero-order valence-corrected chi connectivity index (χ0v) is 13.1. The highest BCUT2D eigenvalue weighted by Gasteiger charge is 2.31. The van der Waals surface area contributed by atoms with Gasteiger partial charge in [0.2, 0.25) is 0 Å². The number of nitrogens with zero attached hydrogens (tertiary/aromatic N) is 2. The lowest BCUT2D eigenvalue weighted by Gasteiger charge is -2.40. The van der Waals surface area contributed by atoms with Crippen molar-refractivity contribution in [2.24, 2.45) is 5.92 Å². The average Bonchev–Trinajstić information content (AvgIpc) is 2.37. The fourth-order valence-electron chi connectivity index (χ4n) is 3.11. The SMILES string of the molecule is CC1CN(C(=O)N2CCC(CC(=O)O)CC2)CC(C)S1. The van der Waals surface area contributed by atoms with Gasteiger partial charge < -0.3 is 14.9 Å². The molecule has 5 nitrogen and oxygen atoms in total. The Hall–Kier alpha value is -0.910. The van der Waals surface area contributed by atoms with Gasteiger partial charge >= 0.3 is 12.0 Å². The molecule has 6 heteroatoms. The van der Waals surface area contributed by atoms with E-state index in [9.17, 15) is 9.59 Å². The summed E-state index contributed by atoms with van der Waals surface area (Å²) in [5, 5.41) is 9.80. The lowest BCUT2D eigenvalue weighted by Crippen LogP contribution is -2.52. The summed E-state index contributed by atoms with van der Waals surface area (Å²) < 4.78 is 0. The Morgan fingerprint density at radius 1 is 1.10 bits per heavy atom. The number of aliphatic carboxylic acids is 1. The van der Waals surface area contributed by atoms with E-state index in [0.717, 1.165) is 25.9 Å². The third-order valence-electron chi connectivity index (χ3n) is 4.04. The van der Waals surface area contributed by atoms with Gasteiger partial charge in [-0.1, -0.05) is 13.8 Å². The summed E-state index contributed by atoms with van der Waals surface area (Å²) in [7, 11) is 0. The van der Waals surface area contributed by atoms with Gasteiger partial charge in [0.25, 0.3) is 0 Å². The summed E-state index contributed by atoms with van der Waals surface area (Å²) >= 11 is 1.94. The summed E-state index contributed by atoms with van der Waals surface area (Å²) in [4.78, 5) is 27.1. The van der Waals surface area contributed by atoms with Crippen LogP contribution in [0.4, 0.5) is 4.79 Å². The normalized spacial score (nSPS) is 28.5. The number of amides is 2. The van der Waals surface area contributed by atoms with Crippen LogP contribution in [0.5, 0.6) is 0 Å². The van der Waals surface area contributed by atoms with Crippen LogP contribution in [-0.4, -0.2) is 63.6 Å². The smallest absolute Gasteiger partial charge is 0.320 e. The van der Waals surface area contributed by atoms with Gasteiger partial charge in [-0.2, -0.15) is 11.8 Å². The van der Waals surface area contributed by atoms with Gasteiger partial charge in [0.1, 0.15) is 0 Å². The van der Waals surface area contributed by atoms with Crippen LogP contribution in [0.15, 0.2) is 0 Å². The van der Waals surface area contributed by atoms with E-state index in [2.05, 4.69) is 13.8 Å². The topological polar surface area (TPSA) is 60.9 Å². The first-order valence-corrected chi connectivity index (χ1v) is 8.31. The van der Waals surface area contributed by atoms with Crippen molar-refractivity contribution in [1.82, 2.24) is 9.80 Å². The molecule has 2 rings (SSSR count). The standard InChI is InChI=1S/C14H24N2O3S/c1-10-8-16(9-11(2)20-10)14(19)15-5-3-12(4-6-15)7-13(17)18/h10-12H,3-9H2,1-2H3,(H,17,18). The molecule has 20 heavy (non-hydrogen) atoms. The molecule has 2 aliphatic heterocycles. The average molecular weight is 300 g/mol. The maximum Gasteiger partial charge on any atom is 0.320 e. The van der Waals surface area contributed by atoms with E-state index in [0.29, 0.717) is 23.6 Å². The molecule has 1 N–H and O–H groups in total. The molecular formula is C14H24N2O3S. The number of hydrogen-bond donors (Lipinski definition) is 1. The van der Waals surface area contributed by atoms with E-state index in [-0.39, 0.29) is 18.4 Å². The molecule has 2 aliphatic rings. The molecule has 0 aliphatic carbocycles. The number of piperidine rings is 1. The molecule has 0 spiro atoms. The third kappa shape index (κ3) is 4.04. The van der Waals surface area contributed by atoms with Crippen LogP contribution in [0.25, 0.3) is 0 Å². The maximum absolute atomic E-state index is 12.5. The summed E-state index contributed by atoms with van der Waals surface area (Å²) in [6.45, 7) is 7.37. The number of hydrogen-bond acceptors (Lipinski definition) is 3. The molecule has 2 amide bonds. The monoisotopic (exact) mass is 300 g/mol. The highest BCUT2D eigenvalue weighted by molar-refractivity contribution is 8.00. The number of urea groups is 1. The first kappa shape index (κ1) is 15.5. The molecule has 2 atom stereocenters. The van der Waals surface area contributed by atoms with Crippen molar-refractivity contribution < 1.29 is 14.7 Å². The van der Waals surface area contributed by atoms with E-state index < -0.39 is 5.97 Å². The van der Waals surface area contributed by atoms with E-state index in [1.165, 1.54) is 0 Å². The number of rotatable bonds is 2. The lowest BCUT2D eigenvalue weighted by molar-refractivity contribution is -0.138. The van der Waals surface area contributed by atoms with E-state index in [1.54, 1.807) is 0 Å². The van der Waals surface area contributed by atoms with Crippen LogP contribution in [0, 0.1) is 5.92 Å². The predicted molar refractivity (Wildman–Crippen MR) is 80.0 cm³/mol. The number of carbonyl (C=O) groups is 2. The Kier molecular flexibility index (Phi) is 5.18. The van der Waals surface area contributed by atoms with E-state index >= 15 is 0 Å². The Balaban J connectivity index is 1.83. The van der Waals surface area contributed by atoms with Gasteiger partial charge in [0.15, 0.2) is 0 Å². The van der Waals surface area contributed by atoms with Crippen molar-refractivity contribution in [2.75, 3.05) is 26.2 Å². The maximum atomic E-state index is 12.5. The molecule has 2 saturated heterocycles. The lowest BCUT2D eigenvalue weighted by atomic mass is 9.94. The van der Waals surface area contributed by atoms with Crippen LogP contribution < -0.4 is 0 Å². The molecule has 2 fully saturated rings. The van der Waals surface area contributed by atoms with Crippen LogP contribution in [0.3, 0.4) is 0 Å². The number of carboxylic acids is 1. The summed E-state index contributed by atoms with van der Waals surface area (Å²) in [5.74, 6) is -0.503. The van der Waals surface area contributed by atoms with Crippen LogP contribution in [0.2, 0.25) is 0 Å². The molecule has 0 bridgehead atoms. The Bertz CT molecular complexity index is 359. The zero-order chi connectivity index (χ0) is 14.7. The second kappa shape index (κ2) is 6.70. The summed E-state index contributed by atoms with van der Waals surface area (Å²) in [6.07, 6.45) is 1.86. The highest BCUT2D eigenvalue weighted by atomic mass is 32.2. The molecule has 0 aromatic rings. The number of carboxylic acid groups (broad SMARTS) is 1. The van der Waals surface area contributed by atoms with Crippen molar-refractivity contribution in [3.8, 4) is 0 Å². The van der Waals surface area contributed by atoms with Crippen LogP contribution in [-0.2, 0) is 4.79 Å². The molecule has 2 unspecified atom stereocenters. The molecule has 0 radical (unpaired) electrons. The summed E-state index contributed by atoms with van der Waals surface area (Å²) in [6, 6.07) is 0.137. The van der Waals surface area contributed by atoms with Crippen molar-refractivity contribution in [3.05, 3.63) is 0 Å². The first-order valence-electron chi connectivity index (χ1n) is 7.36. The Morgan fingerprint density at radius 3 is 2.15 bits per heavy atom. The van der Waals surface area contributed by atoms with Gasteiger partial charge in [-0.3, -0.25) is 4.79 Å². The Labute approximate surface area is 124 Å². The fourth-order valence-corrected chi connectivity index (χ4v) is 4.43. The molecule has 0 saturated carbocycles. The van der Waals surface area contributed by atoms with Gasteiger partial charge in [-0.25, -0.2) is 4.79 Å². The van der Waals surface area contributed by atoms with Gasteiger partial charge in [-0.05, 0) is 18.8 Å². The quantitative estimate of drug-likeness (QED) is 0.848. The number of likely N-dealkylation sites (tertiary alicyclic amines) is 1. The number of carbonyl (C=O) groups excluding carboxylic acids is 1. The summed E-state index contributed by atoms with van der Waals surface area (Å²) in [5.41, 5.74) is 0. The molecular weight excluding hydrogens is 276 g/mol. The second-order valence-electron chi connectivity index (χ2n) is 5.97. The van der Waals surface area contributed by atoms with Crippen molar-refractivity contribution >= 4 is 23.8 Å². The Morgan fingerprint density at radius 2 is 1.65 bits per heavy atom. The molecule has 0 aromatic carbocycles. The predicted octanol–water partition coefficient (Wildman–Crippen LogP) is 2.12. The minimum Gasteiger partial charge on any atom is -0.481 e. The van der Waals surface area contributed by atoms with E-state index in [1.807, 2.05) is 21.6 Å². The molecule has 2 heterocycles. The van der Waals surface area contributed by atoms with Crippen molar-refractivity contribution in [1.29, 1.82) is 0 Å². The van der Waals surface area contributed by atoms with Crippen molar-refractivity contribution in [2.45, 2.75) is 43.6 Å². The molecule has 0 aromatic heterocycles. The van der Waals surface area contributed by atoms with E-state index in [4.69, 9.17) is 5.11 Å². The minimum absolute atomic E-state index is 0.137. The van der Waals surface area contributed by atoms with Gasteiger partial charge in [0, 0.05) is 43.1 Å². The first-order chi connectivity index (χ1) is 9.45. The zero-order valence-electron chi connectivity index (χ0n) is 12.2. The van der Waals surface area contributed by atoms with Crippen LogP contribution in [0.1, 0.15) is 33.1 Å². The van der Waals surface area contributed by atoms with Crippen LogP contribution >= 0.6 is 11.8 Å². The van der Waals surface area contributed by atoms with Gasteiger partial charge in [-0.15, -0.1) is 0 Å².